The normalized spacial score (nSPS) is 31.9. The van der Waals surface area contributed by atoms with Crippen molar-refractivity contribution < 1.29 is 9.53 Å². The van der Waals surface area contributed by atoms with Crippen LogP contribution in [-0.4, -0.2) is 48.7 Å². The molecule has 2 saturated heterocycles. The van der Waals surface area contributed by atoms with Crippen LogP contribution in [0.3, 0.4) is 0 Å². The van der Waals surface area contributed by atoms with E-state index in [9.17, 15) is 4.79 Å². The SMILES string of the molecule is CCC(=O)NC(C)CN1C[C@H]2CC1CO2. The van der Waals surface area contributed by atoms with E-state index in [4.69, 9.17) is 4.74 Å². The molecule has 2 aliphatic heterocycles. The fourth-order valence-corrected chi connectivity index (χ4v) is 2.48. The average Bonchev–Trinajstić information content (AvgIpc) is 2.78. The molecule has 86 valence electrons. The van der Waals surface area contributed by atoms with Crippen LogP contribution in [0.4, 0.5) is 0 Å². The van der Waals surface area contributed by atoms with Crippen LogP contribution in [0.15, 0.2) is 0 Å². The highest BCUT2D eigenvalue weighted by molar-refractivity contribution is 5.75. The summed E-state index contributed by atoms with van der Waals surface area (Å²) < 4.78 is 5.54. The Labute approximate surface area is 91.0 Å². The largest absolute Gasteiger partial charge is 0.375 e. The Bertz CT molecular complexity index is 245. The molecule has 2 bridgehead atoms. The first-order valence-electron chi connectivity index (χ1n) is 5.84. The molecule has 2 fully saturated rings. The highest BCUT2D eigenvalue weighted by Crippen LogP contribution is 2.27. The summed E-state index contributed by atoms with van der Waals surface area (Å²) >= 11 is 0. The number of morpholine rings is 1. The molecule has 4 nitrogen and oxygen atoms in total. The van der Waals surface area contributed by atoms with Crippen LogP contribution in [0.1, 0.15) is 26.7 Å². The molecule has 0 saturated carbocycles. The fraction of sp³-hybridized carbons (Fsp3) is 0.909. The number of nitrogens with zero attached hydrogens (tertiary/aromatic N) is 1. The van der Waals surface area contributed by atoms with Gasteiger partial charge in [-0.05, 0) is 13.3 Å². The van der Waals surface area contributed by atoms with Gasteiger partial charge in [0.2, 0.25) is 5.91 Å². The van der Waals surface area contributed by atoms with Crippen molar-refractivity contribution in [3.05, 3.63) is 0 Å². The Morgan fingerprint density at radius 2 is 2.47 bits per heavy atom. The lowest BCUT2D eigenvalue weighted by molar-refractivity contribution is -0.121. The molecule has 0 aromatic carbocycles. The van der Waals surface area contributed by atoms with Gasteiger partial charge in [-0.15, -0.1) is 0 Å². The summed E-state index contributed by atoms with van der Waals surface area (Å²) in [6, 6.07) is 0.841. The molecule has 1 N–H and O–H groups in total. The first-order valence-corrected chi connectivity index (χ1v) is 5.84. The van der Waals surface area contributed by atoms with Crippen molar-refractivity contribution in [3.8, 4) is 0 Å². The molecule has 15 heavy (non-hydrogen) atoms. The molecule has 2 unspecified atom stereocenters. The van der Waals surface area contributed by atoms with Gasteiger partial charge in [0.05, 0.1) is 12.7 Å². The highest BCUT2D eigenvalue weighted by Gasteiger charge is 2.39. The maximum Gasteiger partial charge on any atom is 0.219 e. The summed E-state index contributed by atoms with van der Waals surface area (Å²) in [7, 11) is 0. The van der Waals surface area contributed by atoms with Crippen molar-refractivity contribution in [3.63, 3.8) is 0 Å². The third-order valence-corrected chi connectivity index (χ3v) is 3.25. The smallest absolute Gasteiger partial charge is 0.219 e. The van der Waals surface area contributed by atoms with E-state index in [1.54, 1.807) is 0 Å². The van der Waals surface area contributed by atoms with Gasteiger partial charge in [-0.25, -0.2) is 0 Å². The van der Waals surface area contributed by atoms with Gasteiger partial charge >= 0.3 is 0 Å². The maximum atomic E-state index is 11.2. The topological polar surface area (TPSA) is 41.6 Å². The monoisotopic (exact) mass is 212 g/mol. The van der Waals surface area contributed by atoms with Crippen LogP contribution >= 0.6 is 0 Å². The highest BCUT2D eigenvalue weighted by atomic mass is 16.5. The minimum absolute atomic E-state index is 0.142. The third kappa shape index (κ3) is 2.49. The second-order valence-electron chi connectivity index (χ2n) is 4.62. The first kappa shape index (κ1) is 10.9. The van der Waals surface area contributed by atoms with Gasteiger partial charge in [0.15, 0.2) is 0 Å². The van der Waals surface area contributed by atoms with Crippen molar-refractivity contribution in [1.29, 1.82) is 0 Å². The molecular weight excluding hydrogens is 192 g/mol. The van der Waals surface area contributed by atoms with E-state index >= 15 is 0 Å². The van der Waals surface area contributed by atoms with Crippen LogP contribution in [0.25, 0.3) is 0 Å². The van der Waals surface area contributed by atoms with Crippen LogP contribution in [0, 0.1) is 0 Å². The Balaban J connectivity index is 1.75. The van der Waals surface area contributed by atoms with Crippen molar-refractivity contribution in [2.75, 3.05) is 19.7 Å². The predicted octanol–water partition coefficient (Wildman–Crippen LogP) is 0.374. The molecule has 2 aliphatic rings. The molecule has 4 heteroatoms. The van der Waals surface area contributed by atoms with E-state index in [1.807, 2.05) is 6.92 Å². The zero-order valence-electron chi connectivity index (χ0n) is 9.53. The minimum Gasteiger partial charge on any atom is -0.375 e. The average molecular weight is 212 g/mol. The van der Waals surface area contributed by atoms with Gasteiger partial charge in [0.25, 0.3) is 0 Å². The first-order chi connectivity index (χ1) is 7.19. The predicted molar refractivity (Wildman–Crippen MR) is 57.6 cm³/mol. The Morgan fingerprint density at radius 1 is 1.67 bits per heavy atom. The van der Waals surface area contributed by atoms with Crippen LogP contribution in [0.5, 0.6) is 0 Å². The summed E-state index contributed by atoms with van der Waals surface area (Å²) in [5.74, 6) is 0.142. The summed E-state index contributed by atoms with van der Waals surface area (Å²) in [4.78, 5) is 13.6. The van der Waals surface area contributed by atoms with Crippen molar-refractivity contribution in [2.45, 2.75) is 44.9 Å². The lowest BCUT2D eigenvalue weighted by Gasteiger charge is -2.29. The van der Waals surface area contributed by atoms with E-state index in [2.05, 4.69) is 17.1 Å². The fourth-order valence-electron chi connectivity index (χ4n) is 2.48. The number of hydrogen-bond donors (Lipinski definition) is 1. The molecule has 2 rings (SSSR count). The quantitative estimate of drug-likeness (QED) is 0.732. The van der Waals surface area contributed by atoms with Gasteiger partial charge in [-0.1, -0.05) is 6.92 Å². The number of rotatable bonds is 4. The van der Waals surface area contributed by atoms with E-state index in [-0.39, 0.29) is 11.9 Å². The van der Waals surface area contributed by atoms with E-state index in [0.717, 1.165) is 19.7 Å². The zero-order chi connectivity index (χ0) is 10.8. The van der Waals surface area contributed by atoms with Crippen molar-refractivity contribution in [1.82, 2.24) is 10.2 Å². The summed E-state index contributed by atoms with van der Waals surface area (Å²) in [6.07, 6.45) is 2.19. The van der Waals surface area contributed by atoms with Gasteiger partial charge in [-0.3, -0.25) is 9.69 Å². The standard InChI is InChI=1S/C11H20N2O2/c1-3-11(14)12-8(2)5-13-6-10-4-9(13)7-15-10/h8-10H,3-7H2,1-2H3,(H,12,14)/t8?,9?,10-/m1/s1. The number of fused-ring (bicyclic) bond motifs is 2. The minimum atomic E-state index is 0.142. The van der Waals surface area contributed by atoms with Crippen molar-refractivity contribution in [2.24, 2.45) is 0 Å². The van der Waals surface area contributed by atoms with Gasteiger partial charge < -0.3 is 10.1 Å². The summed E-state index contributed by atoms with van der Waals surface area (Å²) in [5, 5.41) is 2.99. The van der Waals surface area contributed by atoms with Gasteiger partial charge in [-0.2, -0.15) is 0 Å². The van der Waals surface area contributed by atoms with Gasteiger partial charge in [0.1, 0.15) is 0 Å². The number of carbonyl (C=O) groups excluding carboxylic acids is 1. The summed E-state index contributed by atoms with van der Waals surface area (Å²) in [6.45, 7) is 6.82. The molecule has 3 atom stereocenters. The molecular formula is C11H20N2O2. The molecule has 2 heterocycles. The molecule has 1 amide bonds. The zero-order valence-corrected chi connectivity index (χ0v) is 9.53. The molecule has 0 aromatic heterocycles. The number of hydrogen-bond acceptors (Lipinski definition) is 3. The second kappa shape index (κ2) is 4.49. The Morgan fingerprint density at radius 3 is 3.00 bits per heavy atom. The molecule has 0 spiro atoms. The number of nitrogens with one attached hydrogen (secondary N) is 1. The lowest BCUT2D eigenvalue weighted by Crippen LogP contribution is -2.46. The number of ether oxygens (including phenoxy) is 1. The maximum absolute atomic E-state index is 11.2. The third-order valence-electron chi connectivity index (χ3n) is 3.25. The molecule has 0 aliphatic carbocycles. The Hall–Kier alpha value is -0.610. The van der Waals surface area contributed by atoms with E-state index in [0.29, 0.717) is 18.6 Å². The number of amides is 1. The lowest BCUT2D eigenvalue weighted by atomic mass is 10.2. The summed E-state index contributed by atoms with van der Waals surface area (Å²) in [5.41, 5.74) is 0. The molecule has 0 aromatic rings. The number of likely N-dealkylation sites (tertiary alicyclic amines) is 1. The number of carbonyl (C=O) groups is 1. The Kier molecular flexibility index (Phi) is 3.26. The van der Waals surface area contributed by atoms with Crippen LogP contribution in [0.2, 0.25) is 0 Å². The second-order valence-corrected chi connectivity index (χ2v) is 4.62. The molecule has 0 radical (unpaired) electrons. The van der Waals surface area contributed by atoms with E-state index < -0.39 is 0 Å². The van der Waals surface area contributed by atoms with Crippen LogP contribution in [-0.2, 0) is 9.53 Å². The van der Waals surface area contributed by atoms with Crippen LogP contribution < -0.4 is 5.32 Å². The van der Waals surface area contributed by atoms with Gasteiger partial charge in [0, 0.05) is 31.6 Å². The van der Waals surface area contributed by atoms with Crippen molar-refractivity contribution >= 4 is 5.91 Å². The van der Waals surface area contributed by atoms with E-state index in [1.165, 1.54) is 6.42 Å².